The maximum Gasteiger partial charge on any atom is 0.134 e. The van der Waals surface area contributed by atoms with Crippen molar-refractivity contribution in [2.24, 2.45) is 0 Å². The maximum absolute atomic E-state index is 13.2. The standard InChI is InChI=1S/C14H8BrF2NO/c15-13-6-11(16)1-2-14(13)19-8-10-3-9(7-18)4-12(17)5-10/h1-6H,8H2. The lowest BCUT2D eigenvalue weighted by atomic mass is 10.1. The molecule has 0 saturated heterocycles. The summed E-state index contributed by atoms with van der Waals surface area (Å²) in [4.78, 5) is 0. The Bertz CT molecular complexity index is 652. The van der Waals surface area contributed by atoms with Crippen molar-refractivity contribution in [3.8, 4) is 11.8 Å². The van der Waals surface area contributed by atoms with Gasteiger partial charge < -0.3 is 4.74 Å². The molecule has 0 radical (unpaired) electrons. The van der Waals surface area contributed by atoms with Crippen molar-refractivity contribution in [1.82, 2.24) is 0 Å². The van der Waals surface area contributed by atoms with Crippen molar-refractivity contribution >= 4 is 15.9 Å². The normalized spacial score (nSPS) is 10.0. The summed E-state index contributed by atoms with van der Waals surface area (Å²) in [5, 5.41) is 8.74. The molecule has 2 rings (SSSR count). The van der Waals surface area contributed by atoms with E-state index in [2.05, 4.69) is 15.9 Å². The van der Waals surface area contributed by atoms with E-state index >= 15 is 0 Å². The fourth-order valence-corrected chi connectivity index (χ4v) is 2.02. The summed E-state index contributed by atoms with van der Waals surface area (Å²) in [6, 6.07) is 9.88. The van der Waals surface area contributed by atoms with Gasteiger partial charge in [-0.3, -0.25) is 0 Å². The van der Waals surface area contributed by atoms with Crippen LogP contribution in [0.4, 0.5) is 8.78 Å². The lowest BCUT2D eigenvalue weighted by Gasteiger charge is -2.08. The molecular formula is C14H8BrF2NO. The summed E-state index contributed by atoms with van der Waals surface area (Å²) in [5.41, 5.74) is 0.768. The molecule has 0 fully saturated rings. The molecule has 0 aliphatic rings. The van der Waals surface area contributed by atoms with Gasteiger partial charge in [0.05, 0.1) is 16.1 Å². The molecule has 5 heteroatoms. The fourth-order valence-electron chi connectivity index (χ4n) is 1.55. The summed E-state index contributed by atoms with van der Waals surface area (Å²) in [5.74, 6) is -0.420. The van der Waals surface area contributed by atoms with Crippen molar-refractivity contribution in [3.05, 3.63) is 63.6 Å². The quantitative estimate of drug-likeness (QED) is 0.849. The number of benzene rings is 2. The van der Waals surface area contributed by atoms with Gasteiger partial charge in [-0.05, 0) is 57.9 Å². The molecule has 0 amide bonds. The van der Waals surface area contributed by atoms with E-state index in [-0.39, 0.29) is 18.0 Å². The van der Waals surface area contributed by atoms with Gasteiger partial charge in [0.1, 0.15) is 24.0 Å². The number of nitriles is 1. The first-order chi connectivity index (χ1) is 9.08. The average molecular weight is 324 g/mol. The van der Waals surface area contributed by atoms with Crippen molar-refractivity contribution in [1.29, 1.82) is 5.26 Å². The number of halogens is 3. The Morgan fingerprint density at radius 2 is 1.89 bits per heavy atom. The maximum atomic E-state index is 13.2. The molecule has 0 N–H and O–H groups in total. The first-order valence-corrected chi connectivity index (χ1v) is 6.15. The molecule has 0 aromatic heterocycles. The van der Waals surface area contributed by atoms with Crippen molar-refractivity contribution in [2.45, 2.75) is 6.61 Å². The molecule has 0 unspecified atom stereocenters. The number of ether oxygens (including phenoxy) is 1. The average Bonchev–Trinajstić information content (AvgIpc) is 2.37. The Labute approximate surface area is 117 Å². The van der Waals surface area contributed by atoms with Crippen LogP contribution < -0.4 is 4.74 Å². The highest BCUT2D eigenvalue weighted by Gasteiger charge is 2.05. The Balaban J connectivity index is 2.14. The molecule has 0 saturated carbocycles. The molecule has 2 aromatic carbocycles. The van der Waals surface area contributed by atoms with Crippen LogP contribution in [0.3, 0.4) is 0 Å². The topological polar surface area (TPSA) is 33.0 Å². The molecule has 0 aliphatic carbocycles. The zero-order chi connectivity index (χ0) is 13.8. The first kappa shape index (κ1) is 13.5. The third-order valence-corrected chi connectivity index (χ3v) is 2.99. The Morgan fingerprint density at radius 1 is 1.11 bits per heavy atom. The summed E-state index contributed by atoms with van der Waals surface area (Å²) in [6.45, 7) is 0.0939. The van der Waals surface area contributed by atoms with Gasteiger partial charge in [0, 0.05) is 0 Å². The zero-order valence-electron chi connectivity index (χ0n) is 9.66. The second kappa shape index (κ2) is 5.81. The van der Waals surface area contributed by atoms with Crippen LogP contribution in [-0.4, -0.2) is 0 Å². The van der Waals surface area contributed by atoms with Gasteiger partial charge in [0.2, 0.25) is 0 Å². The Kier molecular flexibility index (Phi) is 4.13. The minimum absolute atomic E-state index is 0.0939. The molecule has 2 aromatic rings. The van der Waals surface area contributed by atoms with Crippen molar-refractivity contribution in [2.75, 3.05) is 0 Å². The van der Waals surface area contributed by atoms with Gasteiger partial charge in [0.25, 0.3) is 0 Å². The zero-order valence-corrected chi connectivity index (χ0v) is 11.2. The van der Waals surface area contributed by atoms with E-state index in [1.54, 1.807) is 6.07 Å². The molecule has 2 nitrogen and oxygen atoms in total. The highest BCUT2D eigenvalue weighted by atomic mass is 79.9. The molecule has 96 valence electrons. The van der Waals surface area contributed by atoms with E-state index in [0.29, 0.717) is 15.8 Å². The van der Waals surface area contributed by atoms with Crippen LogP contribution in [0.25, 0.3) is 0 Å². The third-order valence-electron chi connectivity index (χ3n) is 2.37. The van der Waals surface area contributed by atoms with E-state index in [1.165, 1.54) is 24.3 Å². The van der Waals surface area contributed by atoms with Gasteiger partial charge in [-0.15, -0.1) is 0 Å². The molecular weight excluding hydrogens is 316 g/mol. The van der Waals surface area contributed by atoms with Crippen LogP contribution in [0.1, 0.15) is 11.1 Å². The number of hydrogen-bond acceptors (Lipinski definition) is 2. The lowest BCUT2D eigenvalue weighted by molar-refractivity contribution is 0.303. The van der Waals surface area contributed by atoms with E-state index in [4.69, 9.17) is 10.00 Å². The number of rotatable bonds is 3. The van der Waals surface area contributed by atoms with Gasteiger partial charge in [-0.25, -0.2) is 8.78 Å². The second-order valence-corrected chi connectivity index (χ2v) is 4.68. The number of nitrogens with zero attached hydrogens (tertiary/aromatic N) is 1. The lowest BCUT2D eigenvalue weighted by Crippen LogP contribution is -1.98. The van der Waals surface area contributed by atoms with Crippen LogP contribution in [0.5, 0.6) is 5.75 Å². The molecule has 0 heterocycles. The van der Waals surface area contributed by atoms with E-state index < -0.39 is 5.82 Å². The minimum Gasteiger partial charge on any atom is -0.488 e. The van der Waals surface area contributed by atoms with Crippen LogP contribution in [0.2, 0.25) is 0 Å². The highest BCUT2D eigenvalue weighted by molar-refractivity contribution is 9.10. The summed E-state index contributed by atoms with van der Waals surface area (Å²) in [6.07, 6.45) is 0. The third kappa shape index (κ3) is 3.52. The van der Waals surface area contributed by atoms with Crippen LogP contribution in [0, 0.1) is 23.0 Å². The van der Waals surface area contributed by atoms with Gasteiger partial charge >= 0.3 is 0 Å². The van der Waals surface area contributed by atoms with Crippen LogP contribution in [0.15, 0.2) is 40.9 Å². The van der Waals surface area contributed by atoms with Gasteiger partial charge in [0.15, 0.2) is 0 Å². The largest absolute Gasteiger partial charge is 0.488 e. The monoisotopic (exact) mass is 323 g/mol. The van der Waals surface area contributed by atoms with E-state index in [1.807, 2.05) is 6.07 Å². The van der Waals surface area contributed by atoms with Crippen LogP contribution in [-0.2, 0) is 6.61 Å². The van der Waals surface area contributed by atoms with Crippen molar-refractivity contribution in [3.63, 3.8) is 0 Å². The molecule has 0 bridgehead atoms. The number of hydrogen-bond donors (Lipinski definition) is 0. The predicted octanol–water partition coefficient (Wildman–Crippen LogP) is 4.18. The molecule has 19 heavy (non-hydrogen) atoms. The SMILES string of the molecule is N#Cc1cc(F)cc(COc2ccc(F)cc2Br)c1. The van der Waals surface area contributed by atoms with Gasteiger partial charge in [-0.2, -0.15) is 5.26 Å². The van der Waals surface area contributed by atoms with E-state index in [9.17, 15) is 8.78 Å². The Hall–Kier alpha value is -1.93. The fraction of sp³-hybridized carbons (Fsp3) is 0.0714. The Morgan fingerprint density at radius 3 is 2.58 bits per heavy atom. The first-order valence-electron chi connectivity index (χ1n) is 5.36. The summed E-state index contributed by atoms with van der Waals surface area (Å²) in [7, 11) is 0. The second-order valence-electron chi connectivity index (χ2n) is 3.82. The summed E-state index contributed by atoms with van der Waals surface area (Å²) >= 11 is 3.17. The van der Waals surface area contributed by atoms with Gasteiger partial charge in [-0.1, -0.05) is 0 Å². The van der Waals surface area contributed by atoms with Crippen LogP contribution >= 0.6 is 15.9 Å². The molecule has 0 spiro atoms. The molecule has 0 aliphatic heterocycles. The minimum atomic E-state index is -0.490. The highest BCUT2D eigenvalue weighted by Crippen LogP contribution is 2.26. The van der Waals surface area contributed by atoms with E-state index in [0.717, 1.165) is 6.07 Å². The summed E-state index contributed by atoms with van der Waals surface area (Å²) < 4.78 is 32.0. The molecule has 0 atom stereocenters. The smallest absolute Gasteiger partial charge is 0.134 e. The van der Waals surface area contributed by atoms with Crippen molar-refractivity contribution < 1.29 is 13.5 Å². The predicted molar refractivity (Wildman–Crippen MR) is 69.5 cm³/mol.